The van der Waals surface area contributed by atoms with Gasteiger partial charge in [-0.1, -0.05) is 0 Å². The van der Waals surface area contributed by atoms with Crippen molar-refractivity contribution in [2.45, 2.75) is 19.8 Å². The highest BCUT2D eigenvalue weighted by Crippen LogP contribution is 2.10. The number of carbonyl (C=O) groups is 1. The van der Waals surface area contributed by atoms with Crippen LogP contribution >= 0.6 is 23.1 Å². The molecule has 0 radical (unpaired) electrons. The fourth-order valence-electron chi connectivity index (χ4n) is 0.957. The average Bonchev–Trinajstić information content (AvgIpc) is 2.48. The number of nitrogens with zero attached hydrogens (tertiary/aromatic N) is 1. The zero-order valence-electron chi connectivity index (χ0n) is 7.87. The molecule has 72 valence electrons. The fourth-order valence-corrected chi connectivity index (χ4v) is 2.19. The van der Waals surface area contributed by atoms with Gasteiger partial charge in [-0.25, -0.2) is 4.98 Å². The van der Waals surface area contributed by atoms with E-state index >= 15 is 0 Å². The molecule has 0 aliphatic carbocycles. The maximum absolute atomic E-state index is 11.3. The van der Waals surface area contributed by atoms with E-state index < -0.39 is 0 Å². The number of Topliss-reactive ketones (excluding diaryl/α,β-unsaturated/α-hetero) is 1. The summed E-state index contributed by atoms with van der Waals surface area (Å²) in [6.45, 7) is 1.95. The molecule has 4 heteroatoms. The first-order chi connectivity index (χ1) is 6.22. The number of aryl methyl sites for hydroxylation is 1. The molecule has 0 fully saturated rings. The number of thiazole rings is 1. The highest BCUT2D eigenvalue weighted by atomic mass is 32.2. The number of aromatic nitrogens is 1. The molecule has 0 saturated heterocycles. The lowest BCUT2D eigenvalue weighted by molar-refractivity contribution is -0.118. The predicted octanol–water partition coefficient (Wildman–Crippen LogP) is 2.32. The molecule has 0 saturated carbocycles. The van der Waals surface area contributed by atoms with Crippen LogP contribution in [-0.4, -0.2) is 22.8 Å². The molecule has 0 aliphatic rings. The number of hydrogen-bond donors (Lipinski definition) is 0. The minimum absolute atomic E-state index is 0.295. The van der Waals surface area contributed by atoms with Crippen molar-refractivity contribution in [2.75, 3.05) is 12.0 Å². The topological polar surface area (TPSA) is 30.0 Å². The Morgan fingerprint density at radius 1 is 1.69 bits per heavy atom. The van der Waals surface area contributed by atoms with Crippen LogP contribution in [0.5, 0.6) is 0 Å². The van der Waals surface area contributed by atoms with Gasteiger partial charge in [0.25, 0.3) is 0 Å². The third kappa shape index (κ3) is 3.91. The van der Waals surface area contributed by atoms with Crippen molar-refractivity contribution in [3.8, 4) is 0 Å². The van der Waals surface area contributed by atoms with Crippen LogP contribution in [0.2, 0.25) is 0 Å². The SMILES string of the molecule is CSCCC(=O)Cc1nc(C)cs1. The third-order valence-corrected chi connectivity index (χ3v) is 3.18. The van der Waals surface area contributed by atoms with Crippen molar-refractivity contribution in [1.82, 2.24) is 4.98 Å². The molecule has 0 unspecified atom stereocenters. The largest absolute Gasteiger partial charge is 0.299 e. The maximum Gasteiger partial charge on any atom is 0.140 e. The summed E-state index contributed by atoms with van der Waals surface area (Å²) in [6.07, 6.45) is 3.19. The Morgan fingerprint density at radius 2 is 2.46 bits per heavy atom. The Bertz CT molecular complexity index is 283. The van der Waals surface area contributed by atoms with Crippen molar-refractivity contribution in [3.63, 3.8) is 0 Å². The normalized spacial score (nSPS) is 10.3. The summed E-state index contributed by atoms with van der Waals surface area (Å²) in [5.74, 6) is 1.21. The Kier molecular flexibility index (Phi) is 4.45. The van der Waals surface area contributed by atoms with Gasteiger partial charge >= 0.3 is 0 Å². The molecule has 0 aliphatic heterocycles. The quantitative estimate of drug-likeness (QED) is 0.755. The van der Waals surface area contributed by atoms with Crippen molar-refractivity contribution >= 4 is 28.9 Å². The molecule has 1 rings (SSSR count). The first-order valence-electron chi connectivity index (χ1n) is 4.14. The van der Waals surface area contributed by atoms with E-state index in [0.717, 1.165) is 16.5 Å². The van der Waals surface area contributed by atoms with Gasteiger partial charge in [-0.05, 0) is 18.9 Å². The molecular formula is C9H13NOS2. The number of ketones is 1. The minimum Gasteiger partial charge on any atom is -0.299 e. The summed E-state index contributed by atoms with van der Waals surface area (Å²) in [6, 6.07) is 0. The lowest BCUT2D eigenvalue weighted by Crippen LogP contribution is -2.03. The third-order valence-electron chi connectivity index (χ3n) is 1.60. The number of hydrogen-bond acceptors (Lipinski definition) is 4. The summed E-state index contributed by atoms with van der Waals surface area (Å²) in [5, 5.41) is 2.93. The van der Waals surface area contributed by atoms with E-state index in [0.29, 0.717) is 18.6 Å². The molecule has 1 aromatic heterocycles. The zero-order chi connectivity index (χ0) is 9.68. The van der Waals surface area contributed by atoms with Crippen molar-refractivity contribution in [2.24, 2.45) is 0 Å². The van der Waals surface area contributed by atoms with Gasteiger partial charge in [0.1, 0.15) is 10.8 Å². The molecule has 0 spiro atoms. The molecule has 0 N–H and O–H groups in total. The lowest BCUT2D eigenvalue weighted by atomic mass is 10.2. The monoisotopic (exact) mass is 215 g/mol. The van der Waals surface area contributed by atoms with Gasteiger partial charge in [-0.15, -0.1) is 11.3 Å². The van der Waals surface area contributed by atoms with Crippen LogP contribution in [0.4, 0.5) is 0 Å². The second kappa shape index (κ2) is 5.40. The average molecular weight is 215 g/mol. The van der Waals surface area contributed by atoms with Crippen molar-refractivity contribution in [3.05, 3.63) is 16.1 Å². The Morgan fingerprint density at radius 3 is 3.00 bits per heavy atom. The summed E-state index contributed by atoms with van der Waals surface area (Å²) >= 11 is 3.28. The fraction of sp³-hybridized carbons (Fsp3) is 0.556. The van der Waals surface area contributed by atoms with Crippen LogP contribution in [0.1, 0.15) is 17.1 Å². The van der Waals surface area contributed by atoms with Gasteiger partial charge in [-0.2, -0.15) is 11.8 Å². The molecule has 1 aromatic rings. The molecule has 13 heavy (non-hydrogen) atoms. The smallest absolute Gasteiger partial charge is 0.140 e. The van der Waals surface area contributed by atoms with E-state index in [2.05, 4.69) is 4.98 Å². The van der Waals surface area contributed by atoms with Crippen molar-refractivity contribution < 1.29 is 4.79 Å². The summed E-state index contributed by atoms with van der Waals surface area (Å²) < 4.78 is 0. The molecular weight excluding hydrogens is 202 g/mol. The van der Waals surface area contributed by atoms with Gasteiger partial charge in [0, 0.05) is 17.5 Å². The van der Waals surface area contributed by atoms with Crippen LogP contribution in [0.3, 0.4) is 0 Å². The van der Waals surface area contributed by atoms with Crippen LogP contribution in [0, 0.1) is 6.92 Å². The van der Waals surface area contributed by atoms with E-state index in [1.165, 1.54) is 0 Å². The number of carbonyl (C=O) groups excluding carboxylic acids is 1. The lowest BCUT2D eigenvalue weighted by Gasteiger charge is -1.95. The maximum atomic E-state index is 11.3. The van der Waals surface area contributed by atoms with E-state index in [4.69, 9.17) is 0 Å². The van der Waals surface area contributed by atoms with Gasteiger partial charge < -0.3 is 0 Å². The molecule has 0 amide bonds. The summed E-state index contributed by atoms with van der Waals surface area (Å²) in [7, 11) is 0. The molecule has 0 atom stereocenters. The molecule has 0 bridgehead atoms. The van der Waals surface area contributed by atoms with Crippen molar-refractivity contribution in [1.29, 1.82) is 0 Å². The van der Waals surface area contributed by atoms with Crippen LogP contribution < -0.4 is 0 Å². The predicted molar refractivity (Wildman–Crippen MR) is 58.6 cm³/mol. The van der Waals surface area contributed by atoms with E-state index in [1.54, 1.807) is 23.1 Å². The van der Waals surface area contributed by atoms with Gasteiger partial charge in [0.05, 0.1) is 6.42 Å². The second-order valence-electron chi connectivity index (χ2n) is 2.84. The van der Waals surface area contributed by atoms with Gasteiger partial charge in [0.15, 0.2) is 0 Å². The molecule has 1 heterocycles. The zero-order valence-corrected chi connectivity index (χ0v) is 9.50. The van der Waals surface area contributed by atoms with Crippen LogP contribution in [0.25, 0.3) is 0 Å². The highest BCUT2D eigenvalue weighted by molar-refractivity contribution is 7.98. The number of rotatable bonds is 5. The standard InChI is InChI=1S/C9H13NOS2/c1-7-6-13-9(10-7)5-8(11)3-4-12-2/h6H,3-5H2,1-2H3. The van der Waals surface area contributed by atoms with Gasteiger partial charge in [-0.3, -0.25) is 4.79 Å². The van der Waals surface area contributed by atoms with Crippen LogP contribution in [0.15, 0.2) is 5.38 Å². The van der Waals surface area contributed by atoms with E-state index in [9.17, 15) is 4.79 Å². The minimum atomic E-state index is 0.295. The Labute approximate surface area is 86.8 Å². The van der Waals surface area contributed by atoms with Gasteiger partial charge in [0.2, 0.25) is 0 Å². The second-order valence-corrected chi connectivity index (χ2v) is 4.77. The Balaban J connectivity index is 2.36. The van der Waals surface area contributed by atoms with Crippen LogP contribution in [-0.2, 0) is 11.2 Å². The van der Waals surface area contributed by atoms with E-state index in [-0.39, 0.29) is 0 Å². The first-order valence-corrected chi connectivity index (χ1v) is 6.41. The summed E-state index contributed by atoms with van der Waals surface area (Å²) in [5.41, 5.74) is 1.01. The number of thioether (sulfide) groups is 1. The first kappa shape index (κ1) is 10.7. The molecule has 2 nitrogen and oxygen atoms in total. The molecule has 0 aromatic carbocycles. The highest BCUT2D eigenvalue weighted by Gasteiger charge is 2.05. The van der Waals surface area contributed by atoms with E-state index in [1.807, 2.05) is 18.6 Å². The Hall–Kier alpha value is -0.350. The summed E-state index contributed by atoms with van der Waals surface area (Å²) in [4.78, 5) is 15.6.